The van der Waals surface area contributed by atoms with Gasteiger partial charge in [0.05, 0.1) is 37.4 Å². The van der Waals surface area contributed by atoms with Crippen molar-refractivity contribution in [2.45, 2.75) is 58.0 Å². The molecule has 3 saturated heterocycles. The summed E-state index contributed by atoms with van der Waals surface area (Å²) in [7, 11) is 1.44. The third-order valence-electron chi connectivity index (χ3n) is 7.47. The van der Waals surface area contributed by atoms with E-state index in [4.69, 9.17) is 23.9 Å². The van der Waals surface area contributed by atoms with E-state index >= 15 is 4.39 Å². The molecule has 1 unspecified atom stereocenters. The standard InChI is InChI=1S/C29H35FN6O5/c1-29(2,3)41-28(37)36-13-6-10-20(36)17-8-5-9-18(26-39-14-15-40-26)22(17)32-24-21(30)23-19(16-31-27(33-23)38-4)25(34-24)35-11-7-12-35/h5,8-9,16,20,26H,6-7,10-15H2,1-4H3,(H,32,34). The fourth-order valence-electron chi connectivity index (χ4n) is 5.47. The summed E-state index contributed by atoms with van der Waals surface area (Å²) in [6.45, 7) is 8.59. The number of pyridine rings is 1. The maximum absolute atomic E-state index is 16.2. The molecule has 0 radical (unpaired) electrons. The van der Waals surface area contributed by atoms with Crippen molar-refractivity contribution < 1.29 is 28.1 Å². The smallest absolute Gasteiger partial charge is 0.410 e. The Balaban J connectivity index is 1.46. The zero-order chi connectivity index (χ0) is 28.7. The number of anilines is 3. The number of carbonyl (C=O) groups is 1. The first kappa shape index (κ1) is 27.4. The summed E-state index contributed by atoms with van der Waals surface area (Å²) in [5.41, 5.74) is 1.56. The van der Waals surface area contributed by atoms with E-state index in [9.17, 15) is 4.79 Å². The molecule has 1 amide bonds. The van der Waals surface area contributed by atoms with Crippen LogP contribution in [0.4, 0.5) is 26.5 Å². The molecule has 0 aliphatic carbocycles. The molecule has 6 rings (SSSR count). The molecule has 12 heteroatoms. The molecule has 218 valence electrons. The molecule has 1 atom stereocenters. The molecule has 1 aromatic carbocycles. The first-order valence-electron chi connectivity index (χ1n) is 14.0. The van der Waals surface area contributed by atoms with Gasteiger partial charge in [0.25, 0.3) is 0 Å². The molecule has 3 aliphatic heterocycles. The maximum atomic E-state index is 16.2. The first-order valence-corrected chi connectivity index (χ1v) is 14.0. The number of hydrogen-bond acceptors (Lipinski definition) is 10. The number of hydrogen-bond donors (Lipinski definition) is 1. The lowest BCUT2D eigenvalue weighted by Crippen LogP contribution is -2.38. The predicted octanol–water partition coefficient (Wildman–Crippen LogP) is 5.24. The Labute approximate surface area is 238 Å². The van der Waals surface area contributed by atoms with Crippen molar-refractivity contribution in [3.05, 3.63) is 41.3 Å². The lowest BCUT2D eigenvalue weighted by Gasteiger charge is -2.33. The zero-order valence-corrected chi connectivity index (χ0v) is 23.8. The van der Waals surface area contributed by atoms with Gasteiger partial charge in [-0.25, -0.2) is 19.2 Å². The zero-order valence-electron chi connectivity index (χ0n) is 23.8. The quantitative estimate of drug-likeness (QED) is 0.425. The Bertz CT molecular complexity index is 1450. The van der Waals surface area contributed by atoms with Gasteiger partial charge in [0.15, 0.2) is 17.9 Å². The van der Waals surface area contributed by atoms with Gasteiger partial charge >= 0.3 is 12.1 Å². The van der Waals surface area contributed by atoms with Crippen molar-refractivity contribution in [1.29, 1.82) is 0 Å². The van der Waals surface area contributed by atoms with Gasteiger partial charge in [-0.05, 0) is 45.6 Å². The molecule has 3 aromatic rings. The average Bonchev–Trinajstić information content (AvgIpc) is 3.62. The number of carbonyl (C=O) groups excluding carboxylic acids is 1. The van der Waals surface area contributed by atoms with Crippen LogP contribution in [0.2, 0.25) is 0 Å². The van der Waals surface area contributed by atoms with Crippen molar-refractivity contribution in [1.82, 2.24) is 19.9 Å². The topological polar surface area (TPSA) is 111 Å². The summed E-state index contributed by atoms with van der Waals surface area (Å²) in [6, 6.07) is 5.50. The van der Waals surface area contributed by atoms with E-state index in [2.05, 4.69) is 20.2 Å². The molecule has 3 fully saturated rings. The number of para-hydroxylation sites is 1. The van der Waals surface area contributed by atoms with E-state index in [1.54, 1.807) is 11.1 Å². The number of fused-ring (bicyclic) bond motifs is 1. The van der Waals surface area contributed by atoms with Crippen molar-refractivity contribution >= 4 is 34.3 Å². The molecular formula is C29H35FN6O5. The molecule has 0 bridgehead atoms. The SMILES string of the molecule is COc1ncc2c(N3CCC3)nc(Nc3c(C4OCCO4)cccc3C3CCCN3C(=O)OC(C)(C)C)c(F)c2n1. The molecule has 0 spiro atoms. The number of rotatable bonds is 6. The molecule has 3 aliphatic rings. The minimum absolute atomic E-state index is 0.00802. The largest absolute Gasteiger partial charge is 0.467 e. The second kappa shape index (κ2) is 10.9. The third-order valence-corrected chi connectivity index (χ3v) is 7.47. The number of nitrogens with zero attached hydrogens (tertiary/aromatic N) is 5. The number of likely N-dealkylation sites (tertiary alicyclic amines) is 1. The average molecular weight is 567 g/mol. The summed E-state index contributed by atoms with van der Waals surface area (Å²) in [5.74, 6) is -0.0236. The van der Waals surface area contributed by atoms with Gasteiger partial charge in [-0.1, -0.05) is 18.2 Å². The summed E-state index contributed by atoms with van der Waals surface area (Å²) in [5, 5.41) is 3.80. The molecule has 5 heterocycles. The summed E-state index contributed by atoms with van der Waals surface area (Å²) in [6.07, 6.45) is 3.07. The van der Waals surface area contributed by atoms with Gasteiger partial charge in [-0.15, -0.1) is 0 Å². The first-order chi connectivity index (χ1) is 19.7. The highest BCUT2D eigenvalue weighted by Gasteiger charge is 2.36. The maximum Gasteiger partial charge on any atom is 0.410 e. The Kier molecular flexibility index (Phi) is 7.28. The van der Waals surface area contributed by atoms with Gasteiger partial charge in [0, 0.05) is 31.4 Å². The van der Waals surface area contributed by atoms with Gasteiger partial charge in [0.2, 0.25) is 0 Å². The van der Waals surface area contributed by atoms with Crippen LogP contribution in [-0.4, -0.2) is 71.5 Å². The van der Waals surface area contributed by atoms with E-state index in [0.717, 1.165) is 37.9 Å². The Hall–Kier alpha value is -3.77. The minimum atomic E-state index is -0.644. The fourth-order valence-corrected chi connectivity index (χ4v) is 5.47. The van der Waals surface area contributed by atoms with E-state index in [0.29, 0.717) is 42.2 Å². The Morgan fingerprint density at radius 1 is 1.10 bits per heavy atom. The molecule has 2 aromatic heterocycles. The highest BCUT2D eigenvalue weighted by molar-refractivity contribution is 5.93. The van der Waals surface area contributed by atoms with Crippen LogP contribution in [0.25, 0.3) is 10.9 Å². The summed E-state index contributed by atoms with van der Waals surface area (Å²) < 4.78 is 38.9. The molecule has 11 nitrogen and oxygen atoms in total. The monoisotopic (exact) mass is 566 g/mol. The second-order valence-corrected chi connectivity index (χ2v) is 11.4. The van der Waals surface area contributed by atoms with Crippen molar-refractivity contribution in [2.24, 2.45) is 0 Å². The Morgan fingerprint density at radius 3 is 2.54 bits per heavy atom. The van der Waals surface area contributed by atoms with E-state index in [-0.39, 0.29) is 29.5 Å². The van der Waals surface area contributed by atoms with Crippen LogP contribution >= 0.6 is 0 Å². The Morgan fingerprint density at radius 2 is 1.85 bits per heavy atom. The highest BCUT2D eigenvalue weighted by atomic mass is 19.1. The van der Waals surface area contributed by atoms with Gasteiger partial charge < -0.3 is 34.1 Å². The number of benzene rings is 1. The summed E-state index contributed by atoms with van der Waals surface area (Å²) >= 11 is 0. The lowest BCUT2D eigenvalue weighted by atomic mass is 9.98. The van der Waals surface area contributed by atoms with Gasteiger partial charge in [0.1, 0.15) is 16.9 Å². The van der Waals surface area contributed by atoms with Crippen LogP contribution in [0.3, 0.4) is 0 Å². The number of amides is 1. The van der Waals surface area contributed by atoms with E-state index in [1.165, 1.54) is 7.11 Å². The molecule has 1 N–H and O–H groups in total. The van der Waals surface area contributed by atoms with Crippen LogP contribution in [-0.2, 0) is 14.2 Å². The second-order valence-electron chi connectivity index (χ2n) is 11.4. The minimum Gasteiger partial charge on any atom is -0.467 e. The van der Waals surface area contributed by atoms with Crippen LogP contribution < -0.4 is 15.0 Å². The van der Waals surface area contributed by atoms with Crippen molar-refractivity contribution in [2.75, 3.05) is 50.2 Å². The van der Waals surface area contributed by atoms with Crippen molar-refractivity contribution in [3.8, 4) is 6.01 Å². The van der Waals surface area contributed by atoms with E-state index < -0.39 is 17.7 Å². The van der Waals surface area contributed by atoms with Crippen LogP contribution in [0, 0.1) is 5.82 Å². The molecule has 41 heavy (non-hydrogen) atoms. The molecule has 0 saturated carbocycles. The number of nitrogens with one attached hydrogen (secondary N) is 1. The number of aromatic nitrogens is 3. The predicted molar refractivity (Wildman–Crippen MR) is 150 cm³/mol. The number of methoxy groups -OCH3 is 1. The fraction of sp³-hybridized carbons (Fsp3) is 0.517. The normalized spacial score (nSPS) is 19.5. The lowest BCUT2D eigenvalue weighted by molar-refractivity contribution is -0.0436. The van der Waals surface area contributed by atoms with E-state index in [1.807, 2.05) is 39.0 Å². The van der Waals surface area contributed by atoms with Crippen molar-refractivity contribution in [3.63, 3.8) is 0 Å². The number of halogens is 1. The number of ether oxygens (including phenoxy) is 4. The molecular weight excluding hydrogens is 531 g/mol. The third kappa shape index (κ3) is 5.33. The van der Waals surface area contributed by atoms with Gasteiger partial charge in [-0.2, -0.15) is 4.98 Å². The summed E-state index contributed by atoms with van der Waals surface area (Å²) in [4.78, 5) is 30.3. The van der Waals surface area contributed by atoms with Crippen LogP contribution in [0.1, 0.15) is 63.5 Å². The van der Waals surface area contributed by atoms with Crippen LogP contribution in [0.5, 0.6) is 6.01 Å². The highest BCUT2D eigenvalue weighted by Crippen LogP contribution is 2.43. The van der Waals surface area contributed by atoms with Gasteiger partial charge in [-0.3, -0.25) is 0 Å². The van der Waals surface area contributed by atoms with Crippen LogP contribution in [0.15, 0.2) is 24.4 Å².